The molecule has 30 heteroatoms. The molecule has 658 valence electrons. The van der Waals surface area contributed by atoms with E-state index in [4.69, 9.17) is 68.2 Å². The monoisotopic (exact) mass is 1850 g/mol. The third-order valence-corrected chi connectivity index (χ3v) is 23.6. The number of fused-ring (bicyclic) bond motifs is 5. The summed E-state index contributed by atoms with van der Waals surface area (Å²) in [5.41, 5.74) is 22.3. The van der Waals surface area contributed by atoms with Gasteiger partial charge in [-0.15, -0.1) is 51.0 Å². The number of aryl methyl sites for hydroxylation is 5. The lowest BCUT2D eigenvalue weighted by Gasteiger charge is -2.10. The van der Waals surface area contributed by atoms with Crippen molar-refractivity contribution >= 4 is 119 Å². The van der Waals surface area contributed by atoms with Crippen molar-refractivity contribution in [2.24, 2.45) is 21.1 Å². The van der Waals surface area contributed by atoms with Gasteiger partial charge in [0, 0.05) is 89.9 Å². The molecule has 0 saturated carbocycles. The van der Waals surface area contributed by atoms with Crippen molar-refractivity contribution in [3.8, 4) is 113 Å². The summed E-state index contributed by atoms with van der Waals surface area (Å²) in [6.45, 7) is 6.07. The Bertz CT molecular complexity index is 7560. The fraction of sp³-hybridized carbons (Fsp3) is 0.107. The number of likely N-dealkylation sites (N-methyl/N-ethyl adjacent to an activating group) is 1. The van der Waals surface area contributed by atoms with E-state index in [9.17, 15) is 13.6 Å². The molecule has 0 atom stereocenters. The van der Waals surface area contributed by atoms with Gasteiger partial charge >= 0.3 is 0 Å². The van der Waals surface area contributed by atoms with E-state index in [2.05, 4.69) is 122 Å². The van der Waals surface area contributed by atoms with Crippen LogP contribution in [0.3, 0.4) is 0 Å². The average Bonchev–Trinajstić information content (AvgIpc) is 1.61. The molecule has 0 unspecified atom stereocenters. The average molecular weight is 1860 g/mol. The first-order chi connectivity index (χ1) is 64.7. The highest BCUT2D eigenvalue weighted by molar-refractivity contribution is 6.41. The van der Waals surface area contributed by atoms with E-state index in [1.54, 1.807) is 50.0 Å². The van der Waals surface area contributed by atoms with Gasteiger partial charge in [-0.3, -0.25) is 4.79 Å². The summed E-state index contributed by atoms with van der Waals surface area (Å²) in [6.07, 6.45) is 0. The van der Waals surface area contributed by atoms with E-state index in [-0.39, 0.29) is 24.1 Å². The summed E-state index contributed by atoms with van der Waals surface area (Å²) < 4.78 is 34.8. The van der Waals surface area contributed by atoms with Gasteiger partial charge in [-0.2, -0.15) is 25.5 Å². The Hall–Kier alpha value is -15.1. The molecule has 21 aromatic rings. The van der Waals surface area contributed by atoms with Gasteiger partial charge in [0.1, 0.15) is 75.1 Å². The van der Waals surface area contributed by atoms with Crippen LogP contribution in [0.15, 0.2) is 309 Å². The first-order valence-electron chi connectivity index (χ1n) is 42.2. The number of hydrogen-bond acceptors (Lipinski definition) is 17. The Kier molecular flexibility index (Phi) is 27.4. The number of halogens is 7. The second kappa shape index (κ2) is 40.5. The zero-order valence-corrected chi connectivity index (χ0v) is 76.5. The van der Waals surface area contributed by atoms with E-state index in [1.807, 2.05) is 262 Å². The van der Waals surface area contributed by atoms with Crippen molar-refractivity contribution < 1.29 is 13.6 Å². The molecule has 1 amide bonds. The topological polar surface area (TPSA) is 250 Å². The number of rotatable bonds is 17. The molecular formula is C103H81Cl5F2N22O. The smallest absolute Gasteiger partial charge is 0.241 e. The van der Waals surface area contributed by atoms with Gasteiger partial charge in [0.05, 0.1) is 58.6 Å². The zero-order chi connectivity index (χ0) is 92.3. The maximum absolute atomic E-state index is 13.2. The molecule has 0 aliphatic heterocycles. The van der Waals surface area contributed by atoms with E-state index in [0.29, 0.717) is 128 Å². The lowest BCUT2D eigenvalue weighted by molar-refractivity contribution is -0.121. The fourth-order valence-corrected chi connectivity index (χ4v) is 16.8. The summed E-state index contributed by atoms with van der Waals surface area (Å²) in [5.74, 6) is -0.819. The summed E-state index contributed by atoms with van der Waals surface area (Å²) in [6, 6.07) is 97.5. The second-order valence-corrected chi connectivity index (χ2v) is 33.2. The van der Waals surface area contributed by atoms with E-state index in [0.717, 1.165) is 89.9 Å². The number of nitrogens with one attached hydrogen (secondary N) is 1. The highest BCUT2D eigenvalue weighted by atomic mass is 35.5. The fourth-order valence-electron chi connectivity index (χ4n) is 15.2. The molecule has 10 heterocycles. The van der Waals surface area contributed by atoms with E-state index >= 15 is 0 Å². The minimum Gasteiger partial charge on any atom is -0.353 e. The van der Waals surface area contributed by atoms with E-state index < -0.39 is 0 Å². The number of benzene rings is 11. The van der Waals surface area contributed by atoms with Gasteiger partial charge < -0.3 is 10.2 Å². The molecule has 0 bridgehead atoms. The number of carbonyl (C=O) groups is 1. The minimum atomic E-state index is -0.345. The first kappa shape index (κ1) is 89.9. The molecule has 11 aromatic carbocycles. The van der Waals surface area contributed by atoms with Crippen LogP contribution < -0.4 is 5.32 Å². The molecule has 0 aliphatic rings. The first-order valence-corrected chi connectivity index (χ1v) is 44.0. The maximum atomic E-state index is 13.2. The normalized spacial score (nSPS) is 11.2. The van der Waals surface area contributed by atoms with Gasteiger partial charge in [-0.1, -0.05) is 318 Å². The quantitative estimate of drug-likeness (QED) is 0.0889. The molecule has 0 spiro atoms. The highest BCUT2D eigenvalue weighted by Gasteiger charge is 2.28. The highest BCUT2D eigenvalue weighted by Crippen LogP contribution is 2.44. The Labute approximate surface area is 787 Å². The van der Waals surface area contributed by atoms with Gasteiger partial charge in [0.2, 0.25) is 5.91 Å². The van der Waals surface area contributed by atoms with E-state index in [1.165, 1.54) is 35.4 Å². The molecule has 0 aliphatic carbocycles. The number of amides is 1. The third kappa shape index (κ3) is 19.7. The van der Waals surface area contributed by atoms with Gasteiger partial charge in [-0.05, 0) is 94.2 Å². The Morgan fingerprint density at radius 1 is 0.301 bits per heavy atom. The number of carbonyl (C=O) groups excluding carboxylic acids is 1. The molecule has 133 heavy (non-hydrogen) atoms. The second-order valence-electron chi connectivity index (χ2n) is 31.3. The van der Waals surface area contributed by atoms with Gasteiger partial charge in [0.15, 0.2) is 28.2 Å². The van der Waals surface area contributed by atoms with Crippen molar-refractivity contribution in [3.05, 3.63) is 363 Å². The van der Waals surface area contributed by atoms with Crippen LogP contribution in [0.2, 0.25) is 25.1 Å². The molecule has 0 saturated heterocycles. The van der Waals surface area contributed by atoms with Crippen LogP contribution in [0.25, 0.3) is 168 Å². The maximum Gasteiger partial charge on any atom is 0.241 e. The zero-order valence-electron chi connectivity index (χ0n) is 72.7. The van der Waals surface area contributed by atoms with Crippen molar-refractivity contribution in [1.29, 1.82) is 0 Å². The lowest BCUT2D eigenvalue weighted by Crippen LogP contribution is -2.33. The third-order valence-electron chi connectivity index (χ3n) is 21.7. The summed E-state index contributed by atoms with van der Waals surface area (Å²) in [4.78, 5) is 14.5. The number of aromatic nitrogens is 20. The van der Waals surface area contributed by atoms with Crippen LogP contribution in [0.5, 0.6) is 0 Å². The molecule has 0 radical (unpaired) electrons. The van der Waals surface area contributed by atoms with Crippen molar-refractivity contribution in [1.82, 2.24) is 110 Å². The van der Waals surface area contributed by atoms with Gasteiger partial charge in [0.25, 0.3) is 0 Å². The summed E-state index contributed by atoms with van der Waals surface area (Å²) >= 11 is 33.8. The molecule has 1 N–H and O–H groups in total. The van der Waals surface area contributed by atoms with Crippen LogP contribution in [-0.2, 0) is 39.0 Å². The lowest BCUT2D eigenvalue weighted by atomic mass is 10.1. The standard InChI is InChI=1S/C24H17ClN4.C23H23ClN6O.2C19H15ClN4.C18H11ClF2N4/c25-21-20-22(18-12-6-2-7-13-18)28-29(16-17-10-4-1-5-11-17)24(20)27-26-23(21)19-14-8-3-9-15-19;1-29(2)14-13-25-18(31)15-30-23-19(21(28-30)16-9-5-3-6-10-16)20(24)22(26-27-23)17-11-7-4-8-12-17;2*1-12-7-6-10-14(11-12)17-15-16(20)18(13-8-4-3-5-9-13)21-22-19(15)24(2)23-17;1-25-18-14(16(24-25)10-2-6-12(20)7-3-10)15(19)17(22-23-18)11-4-8-13(21)9-5-11/h1-15H,16H2;3-12H,13-15H2,1-2H3,(H,25,31);2*3-11H,1-2H3;2-9H,1H3. The van der Waals surface area contributed by atoms with Crippen LogP contribution >= 0.6 is 58.0 Å². The number of nitrogens with zero attached hydrogens (tertiary/aromatic N) is 21. The molecular weight excluding hydrogens is 1780 g/mol. The Balaban J connectivity index is 0.000000116. The summed E-state index contributed by atoms with van der Waals surface area (Å²) in [5, 5.41) is 76.0. The summed E-state index contributed by atoms with van der Waals surface area (Å²) in [7, 11) is 9.37. The van der Waals surface area contributed by atoms with Crippen LogP contribution in [0, 0.1) is 25.5 Å². The van der Waals surface area contributed by atoms with Gasteiger partial charge in [-0.25, -0.2) is 32.2 Å². The number of hydrogen-bond donors (Lipinski definition) is 1. The van der Waals surface area contributed by atoms with Crippen molar-refractivity contribution in [2.45, 2.75) is 26.9 Å². The van der Waals surface area contributed by atoms with Crippen molar-refractivity contribution in [3.63, 3.8) is 0 Å². The van der Waals surface area contributed by atoms with Crippen LogP contribution in [-0.4, -0.2) is 138 Å². The minimum absolute atomic E-state index is 0.0342. The molecule has 21 rings (SSSR count). The largest absolute Gasteiger partial charge is 0.353 e. The Morgan fingerprint density at radius 3 is 0.880 bits per heavy atom. The molecule has 23 nitrogen and oxygen atoms in total. The van der Waals surface area contributed by atoms with Crippen LogP contribution in [0.1, 0.15) is 16.7 Å². The predicted octanol–water partition coefficient (Wildman–Crippen LogP) is 23.3. The predicted molar refractivity (Wildman–Crippen MR) is 525 cm³/mol. The van der Waals surface area contributed by atoms with Crippen molar-refractivity contribution in [2.75, 3.05) is 27.2 Å². The molecule has 10 aromatic heterocycles. The van der Waals surface area contributed by atoms with Crippen LogP contribution in [0.4, 0.5) is 8.78 Å². The Morgan fingerprint density at radius 2 is 0.556 bits per heavy atom. The SMILES string of the molecule is CN(C)CCNC(=O)Cn1nc(-c2ccccc2)c2c(Cl)c(-c3ccccc3)nnc21.Cc1cccc(-c2nn(C)c3nnc(-c4ccccc4)c(Cl)c23)c1.Cc1cccc(-c2nn(C)c3nnc(-c4ccccc4)c(Cl)c23)c1.Clc1c(-c2ccccc2)nnc2c1c(-c1ccccc1)nn2Cc1ccccc1.Cn1nc(-c2ccc(F)cc2)c2c(Cl)c(-c3ccc(F)cc3)nnc21. The molecule has 0 fully saturated rings.